The van der Waals surface area contributed by atoms with E-state index in [9.17, 15) is 17.2 Å². The number of benzene rings is 1. The fourth-order valence-corrected chi connectivity index (χ4v) is 2.52. The van der Waals surface area contributed by atoms with Crippen molar-refractivity contribution in [2.75, 3.05) is 31.7 Å². The molecule has 0 unspecified atom stereocenters. The minimum absolute atomic E-state index is 0.0621. The van der Waals surface area contributed by atoms with Crippen LogP contribution in [0.1, 0.15) is 0 Å². The van der Waals surface area contributed by atoms with Crippen molar-refractivity contribution in [1.29, 1.82) is 0 Å². The molecular weight excluding hydrogens is 326 g/mol. The van der Waals surface area contributed by atoms with E-state index in [2.05, 4.69) is 15.5 Å². The second-order valence-electron chi connectivity index (χ2n) is 4.93. The van der Waals surface area contributed by atoms with Crippen LogP contribution in [0.2, 0.25) is 0 Å². The van der Waals surface area contributed by atoms with Crippen LogP contribution in [0.3, 0.4) is 0 Å². The van der Waals surface area contributed by atoms with Gasteiger partial charge in [-0.2, -0.15) is 0 Å². The van der Waals surface area contributed by atoms with E-state index in [-0.39, 0.29) is 23.6 Å². The van der Waals surface area contributed by atoms with Gasteiger partial charge in [0, 0.05) is 20.6 Å². The smallest absolute Gasteiger partial charge is 0.215 e. The molecule has 0 fully saturated rings. The molecule has 0 saturated carbocycles. The molecule has 0 spiro atoms. The van der Waals surface area contributed by atoms with E-state index in [0.717, 1.165) is 16.4 Å². The van der Waals surface area contributed by atoms with Gasteiger partial charge in [0.05, 0.1) is 17.0 Å². The molecule has 2 aromatic rings. The molecular formula is C14H16F2N4O2S. The van der Waals surface area contributed by atoms with Gasteiger partial charge in [-0.05, 0) is 24.3 Å². The maximum absolute atomic E-state index is 13.7. The zero-order valence-corrected chi connectivity index (χ0v) is 13.4. The number of halogens is 2. The lowest BCUT2D eigenvalue weighted by atomic mass is 10.1. The number of nitrogens with zero attached hydrogens (tertiary/aromatic N) is 3. The van der Waals surface area contributed by atoms with Crippen molar-refractivity contribution in [1.82, 2.24) is 14.5 Å². The topological polar surface area (TPSA) is 75.2 Å². The summed E-state index contributed by atoms with van der Waals surface area (Å²) >= 11 is 0. The molecule has 0 bridgehead atoms. The fourth-order valence-electron chi connectivity index (χ4n) is 1.79. The van der Waals surface area contributed by atoms with E-state index in [1.165, 1.54) is 32.3 Å². The Morgan fingerprint density at radius 3 is 2.26 bits per heavy atom. The third-order valence-electron chi connectivity index (χ3n) is 3.11. The quantitative estimate of drug-likeness (QED) is 0.865. The van der Waals surface area contributed by atoms with Gasteiger partial charge in [0.2, 0.25) is 10.0 Å². The first-order chi connectivity index (χ1) is 10.8. The Kier molecular flexibility index (Phi) is 5.22. The van der Waals surface area contributed by atoms with Crippen LogP contribution in [0.5, 0.6) is 0 Å². The lowest BCUT2D eigenvalue weighted by Gasteiger charge is -2.11. The van der Waals surface area contributed by atoms with Crippen molar-refractivity contribution < 1.29 is 17.2 Å². The number of rotatable bonds is 6. The summed E-state index contributed by atoms with van der Waals surface area (Å²) in [6.45, 7) is 0.141. The van der Waals surface area contributed by atoms with Crippen LogP contribution < -0.4 is 5.32 Å². The Morgan fingerprint density at radius 1 is 1.09 bits per heavy atom. The van der Waals surface area contributed by atoms with Crippen LogP contribution in [-0.2, 0) is 10.0 Å². The summed E-state index contributed by atoms with van der Waals surface area (Å²) in [4.78, 5) is 0. The first-order valence-corrected chi connectivity index (χ1v) is 8.34. The summed E-state index contributed by atoms with van der Waals surface area (Å²) < 4.78 is 51.6. The standard InChI is InChI=1S/C14H16F2N4O2S/c1-20(2)23(21,22)9-8-17-13-7-6-12(18-19-13)14-10(15)4-3-5-11(14)16/h3-7H,8-9H2,1-2H3,(H,17,19). The van der Waals surface area contributed by atoms with Crippen LogP contribution in [0.4, 0.5) is 14.6 Å². The van der Waals surface area contributed by atoms with Crippen LogP contribution in [0.25, 0.3) is 11.3 Å². The molecule has 0 amide bonds. The molecule has 1 aromatic carbocycles. The highest BCUT2D eigenvalue weighted by Gasteiger charge is 2.14. The highest BCUT2D eigenvalue weighted by Crippen LogP contribution is 2.23. The van der Waals surface area contributed by atoms with E-state index in [1.54, 1.807) is 0 Å². The first-order valence-electron chi connectivity index (χ1n) is 6.73. The molecule has 9 heteroatoms. The first kappa shape index (κ1) is 17.2. The summed E-state index contributed by atoms with van der Waals surface area (Å²) in [5.74, 6) is -1.24. The molecule has 0 aliphatic carbocycles. The van der Waals surface area contributed by atoms with Crippen LogP contribution >= 0.6 is 0 Å². The maximum Gasteiger partial charge on any atom is 0.215 e. The monoisotopic (exact) mass is 342 g/mol. The van der Waals surface area contributed by atoms with Crippen molar-refractivity contribution in [2.24, 2.45) is 0 Å². The lowest BCUT2D eigenvalue weighted by molar-refractivity contribution is 0.521. The average molecular weight is 342 g/mol. The molecule has 1 heterocycles. The maximum atomic E-state index is 13.7. The molecule has 0 aliphatic rings. The van der Waals surface area contributed by atoms with Crippen molar-refractivity contribution in [2.45, 2.75) is 0 Å². The van der Waals surface area contributed by atoms with Gasteiger partial charge in [-0.3, -0.25) is 0 Å². The molecule has 1 aromatic heterocycles. The fraction of sp³-hybridized carbons (Fsp3) is 0.286. The number of hydrogen-bond donors (Lipinski definition) is 1. The Hall–Kier alpha value is -2.13. The van der Waals surface area contributed by atoms with Gasteiger partial charge in [0.1, 0.15) is 17.5 Å². The van der Waals surface area contributed by atoms with Crippen LogP contribution in [-0.4, -0.2) is 49.3 Å². The third-order valence-corrected chi connectivity index (χ3v) is 4.94. The predicted molar refractivity (Wildman–Crippen MR) is 83.3 cm³/mol. The van der Waals surface area contributed by atoms with Gasteiger partial charge in [0.25, 0.3) is 0 Å². The van der Waals surface area contributed by atoms with Crippen LogP contribution in [0.15, 0.2) is 30.3 Å². The van der Waals surface area contributed by atoms with Gasteiger partial charge in [-0.1, -0.05) is 6.07 Å². The van der Waals surface area contributed by atoms with Crippen molar-refractivity contribution in [3.8, 4) is 11.3 Å². The van der Waals surface area contributed by atoms with Crippen molar-refractivity contribution in [3.63, 3.8) is 0 Å². The zero-order chi connectivity index (χ0) is 17.0. The summed E-state index contributed by atoms with van der Waals surface area (Å²) in [6.07, 6.45) is 0. The number of anilines is 1. The van der Waals surface area contributed by atoms with Crippen LogP contribution in [0, 0.1) is 11.6 Å². The molecule has 0 atom stereocenters. The molecule has 1 N–H and O–H groups in total. The van der Waals surface area contributed by atoms with Crippen molar-refractivity contribution >= 4 is 15.8 Å². The van der Waals surface area contributed by atoms with Gasteiger partial charge in [-0.15, -0.1) is 10.2 Å². The SMILES string of the molecule is CN(C)S(=O)(=O)CCNc1ccc(-c2c(F)cccc2F)nn1. The summed E-state index contributed by atoms with van der Waals surface area (Å²) in [7, 11) is -0.405. The highest BCUT2D eigenvalue weighted by molar-refractivity contribution is 7.89. The Morgan fingerprint density at radius 2 is 1.74 bits per heavy atom. The summed E-state index contributed by atoms with van der Waals surface area (Å²) in [6, 6.07) is 6.44. The molecule has 2 rings (SSSR count). The predicted octanol–water partition coefficient (Wildman–Crippen LogP) is 1.73. The molecule has 124 valence electrons. The normalized spacial score (nSPS) is 11.7. The minimum Gasteiger partial charge on any atom is -0.368 e. The van der Waals surface area contributed by atoms with Gasteiger partial charge in [0.15, 0.2) is 0 Å². The zero-order valence-electron chi connectivity index (χ0n) is 12.6. The second kappa shape index (κ2) is 6.97. The van der Waals surface area contributed by atoms with E-state index < -0.39 is 21.7 Å². The number of sulfonamides is 1. The molecule has 0 radical (unpaired) electrons. The van der Waals surface area contributed by atoms with E-state index in [1.807, 2.05) is 0 Å². The average Bonchev–Trinajstić information content (AvgIpc) is 2.48. The minimum atomic E-state index is -3.31. The summed E-state index contributed by atoms with van der Waals surface area (Å²) in [5.41, 5.74) is -0.186. The van der Waals surface area contributed by atoms with E-state index in [0.29, 0.717) is 5.82 Å². The van der Waals surface area contributed by atoms with Gasteiger partial charge >= 0.3 is 0 Å². The summed E-state index contributed by atoms with van der Waals surface area (Å²) in [5, 5.41) is 10.4. The van der Waals surface area contributed by atoms with E-state index in [4.69, 9.17) is 0 Å². The molecule has 0 saturated heterocycles. The van der Waals surface area contributed by atoms with Gasteiger partial charge < -0.3 is 5.32 Å². The highest BCUT2D eigenvalue weighted by atomic mass is 32.2. The second-order valence-corrected chi connectivity index (χ2v) is 7.23. The number of aromatic nitrogens is 2. The molecule has 6 nitrogen and oxygen atoms in total. The molecule has 23 heavy (non-hydrogen) atoms. The van der Waals surface area contributed by atoms with Crippen molar-refractivity contribution in [3.05, 3.63) is 42.0 Å². The lowest BCUT2D eigenvalue weighted by Crippen LogP contribution is -2.28. The Balaban J connectivity index is 2.06. The number of hydrogen-bond acceptors (Lipinski definition) is 5. The van der Waals surface area contributed by atoms with Gasteiger partial charge in [-0.25, -0.2) is 21.5 Å². The van der Waals surface area contributed by atoms with E-state index >= 15 is 0 Å². The Labute approximate surface area is 133 Å². The third kappa shape index (κ3) is 4.20. The largest absolute Gasteiger partial charge is 0.368 e. The molecule has 0 aliphatic heterocycles. The Bertz CT molecular complexity index is 760. The number of nitrogens with one attached hydrogen (secondary N) is 1.